The molecule has 1 aromatic carbocycles. The number of nitro benzene ring substituents is 1. The summed E-state index contributed by atoms with van der Waals surface area (Å²) in [6.45, 7) is 24.2. The Balaban J connectivity index is 1.82. The van der Waals surface area contributed by atoms with Gasteiger partial charge in [0.25, 0.3) is 5.69 Å². The van der Waals surface area contributed by atoms with Gasteiger partial charge in [-0.1, -0.05) is 0 Å². The van der Waals surface area contributed by atoms with Crippen molar-refractivity contribution in [3.05, 3.63) is 51.8 Å². The zero-order valence-corrected chi connectivity index (χ0v) is 56.9. The van der Waals surface area contributed by atoms with Crippen LogP contribution in [0, 0.1) is 16.0 Å². The highest BCUT2D eigenvalue weighted by Crippen LogP contribution is 2.35. The van der Waals surface area contributed by atoms with Crippen LogP contribution in [0.2, 0.25) is 0 Å². The molecule has 532 valence electrons. The van der Waals surface area contributed by atoms with Crippen LogP contribution in [0.5, 0.6) is 0 Å². The fraction of sp³-hybridized carbons (Fsp3) is 0.742. The number of hydrogen-bond donors (Lipinski definition) is 10. The normalized spacial score (nSPS) is 24.8. The van der Waals surface area contributed by atoms with E-state index < -0.39 is 186 Å². The summed E-state index contributed by atoms with van der Waals surface area (Å²) in [6.07, 6.45) is -17.3. The first-order valence-electron chi connectivity index (χ1n) is 31.1. The predicted molar refractivity (Wildman–Crippen MR) is 333 cm³/mol. The van der Waals surface area contributed by atoms with Crippen LogP contribution in [0.1, 0.15) is 155 Å². The molecule has 1 aliphatic carbocycles. The largest absolute Gasteiger partial charge is 0.465 e. The molecule has 32 nitrogen and oxygen atoms in total. The highest BCUT2D eigenvalue weighted by Gasteiger charge is 2.55. The number of nitrogens with one attached hydrogen (secondary N) is 6. The molecule has 13 atom stereocenters. The number of ether oxygens (including phenoxy) is 10. The molecule has 1 saturated heterocycles. The maximum Gasteiger partial charge on any atom is 0.410 e. The summed E-state index contributed by atoms with van der Waals surface area (Å²) in [6, 6.07) is -0.448. The lowest BCUT2D eigenvalue weighted by Gasteiger charge is -2.50. The number of likely N-dealkylation sites (N-methyl/N-ethyl adjacent to an activating group) is 1. The summed E-state index contributed by atoms with van der Waals surface area (Å²) in [5.74, 6) is -3.65. The van der Waals surface area contributed by atoms with Crippen molar-refractivity contribution in [3.63, 3.8) is 0 Å². The number of aliphatic hydroxyl groups excluding tert-OH is 3. The van der Waals surface area contributed by atoms with E-state index in [4.69, 9.17) is 47.4 Å². The number of hydrogen-bond acceptors (Lipinski definition) is 24. The lowest BCUT2D eigenvalue weighted by atomic mass is 9.82. The van der Waals surface area contributed by atoms with Crippen molar-refractivity contribution in [2.75, 3.05) is 33.3 Å². The fourth-order valence-electron chi connectivity index (χ4n) is 9.96. The molecule has 2 heterocycles. The quantitative estimate of drug-likeness (QED) is 0.0224. The summed E-state index contributed by atoms with van der Waals surface area (Å²) < 4.78 is 58.3. The van der Waals surface area contributed by atoms with E-state index in [1.165, 1.54) is 44.3 Å². The number of nitrogens with zero attached hydrogens (tertiary/aromatic N) is 2. The van der Waals surface area contributed by atoms with E-state index in [1.54, 1.807) is 104 Å². The van der Waals surface area contributed by atoms with Crippen LogP contribution in [0.15, 0.2) is 36.1 Å². The molecule has 0 bridgehead atoms. The molecular weight excluding hydrogens is 1240 g/mol. The number of amides is 7. The number of carbonyl (C=O) groups is 8. The maximum absolute atomic E-state index is 14.7. The van der Waals surface area contributed by atoms with Gasteiger partial charge in [0.2, 0.25) is 18.1 Å². The van der Waals surface area contributed by atoms with Gasteiger partial charge < -0.3 is 105 Å². The third kappa shape index (κ3) is 27.2. The van der Waals surface area contributed by atoms with Gasteiger partial charge in [0, 0.05) is 38.2 Å². The molecule has 3 aliphatic rings. The molecule has 32 heteroatoms. The van der Waals surface area contributed by atoms with E-state index in [0.29, 0.717) is 5.56 Å². The Labute approximate surface area is 547 Å². The van der Waals surface area contributed by atoms with Crippen LogP contribution in [0.4, 0.5) is 29.7 Å². The Morgan fingerprint density at radius 1 is 0.670 bits per heavy atom. The third-order valence-corrected chi connectivity index (χ3v) is 13.9. The van der Waals surface area contributed by atoms with Crippen molar-refractivity contribution in [3.8, 4) is 0 Å². The topological polar surface area (TPSA) is 428 Å². The lowest BCUT2D eigenvalue weighted by molar-refractivity contribution is -0.384. The third-order valence-electron chi connectivity index (χ3n) is 13.9. The number of non-ortho nitro benzene ring substituents is 1. The summed E-state index contributed by atoms with van der Waals surface area (Å²) >= 11 is 0. The number of alkyl carbamates (subject to hydrolysis) is 4. The minimum absolute atomic E-state index is 0.00210. The zero-order chi connectivity index (χ0) is 71.1. The van der Waals surface area contributed by atoms with E-state index in [-0.39, 0.29) is 56.8 Å². The molecule has 0 aromatic heterocycles. The van der Waals surface area contributed by atoms with Crippen molar-refractivity contribution in [1.29, 1.82) is 0 Å². The number of aliphatic hydroxyl groups is 4. The second-order valence-electron chi connectivity index (χ2n) is 28.5. The van der Waals surface area contributed by atoms with Gasteiger partial charge in [-0.2, -0.15) is 0 Å². The monoisotopic (exact) mass is 1340 g/mol. The molecule has 2 fully saturated rings. The van der Waals surface area contributed by atoms with Crippen molar-refractivity contribution in [2.24, 2.45) is 5.92 Å². The fourth-order valence-corrected chi connectivity index (χ4v) is 9.96. The van der Waals surface area contributed by atoms with E-state index in [1.807, 2.05) is 0 Å². The Kier molecular flexibility index (Phi) is 28.1. The van der Waals surface area contributed by atoms with Gasteiger partial charge in [0.05, 0.1) is 48.7 Å². The minimum Gasteiger partial charge on any atom is -0.465 e. The van der Waals surface area contributed by atoms with Crippen molar-refractivity contribution in [2.45, 2.75) is 257 Å². The first-order chi connectivity index (χ1) is 43.2. The van der Waals surface area contributed by atoms with Crippen molar-refractivity contribution in [1.82, 2.24) is 36.8 Å². The first kappa shape index (κ1) is 79.1. The van der Waals surface area contributed by atoms with Gasteiger partial charge in [0.1, 0.15) is 76.5 Å². The summed E-state index contributed by atoms with van der Waals surface area (Å²) in [5, 5.41) is 75.0. The Hall–Kier alpha value is -7.36. The second kappa shape index (κ2) is 33.3. The lowest BCUT2D eigenvalue weighted by Crippen LogP contribution is -2.71. The molecule has 10 N–H and O–H groups in total. The van der Waals surface area contributed by atoms with E-state index in [2.05, 4.69) is 31.9 Å². The first-order valence-corrected chi connectivity index (χ1v) is 31.1. The van der Waals surface area contributed by atoms with Crippen LogP contribution in [0.3, 0.4) is 0 Å². The minimum atomic E-state index is -2.09. The molecule has 1 unspecified atom stereocenters. The average Bonchev–Trinajstić information content (AvgIpc) is 0.771. The highest BCUT2D eigenvalue weighted by molar-refractivity contribution is 5.84. The Morgan fingerprint density at radius 2 is 1.19 bits per heavy atom. The van der Waals surface area contributed by atoms with Crippen molar-refractivity contribution >= 4 is 53.9 Å². The number of rotatable bonds is 24. The van der Waals surface area contributed by atoms with E-state index >= 15 is 0 Å². The predicted octanol–water partition coefficient (Wildman–Crippen LogP) is 4.48. The molecule has 94 heavy (non-hydrogen) atoms. The van der Waals surface area contributed by atoms with Gasteiger partial charge in [-0.25, -0.2) is 24.0 Å². The SMILES string of the molecule is CN(C(=O)OC(C)(C)C)[C@@H]1[C@@H](O)[C@@H](O[C@@H]2[C@@H](O)[C@H](O[C@H]3OC(CNC(=O)OCc4ccc([N+](=O)[O-])cc4)=CC[C@H]3NC(=O)C(CCCNC(=O)OC(C)(C)C)CC(=O)OC(C)(C)C)[C@@H](NC(=O)OC(C)(C)C)C[C@H]2NC(=O)[C@@H](O)CCNC(=O)OC(C)(C)C)OC[C@]1(C)O. The standard InChI is InChI=1S/C62H100N8O24/c1-57(2,3)90-42(72)29-35(19-18-27-63-53(78)91-58(4,5)6)48(75)66-38-25-24-37(31-65-52(77)85-32-34-20-22-36(23-21-34)70(83)84)87-50(38)88-46-40(68-55(80)93-60(10,11)12)30-39(67-49(76)41(71)26-28-64-54(79)92-59(7,8)9)45(43(46)73)89-51-44(74)47(62(16,82)33-86-51)69(17)56(81)94-61(13,14)15/h20-24,35,38-41,43-47,50-51,71,73-74,82H,18-19,25-33H2,1-17H3,(H,63,78)(H,64,79)(H,65,77)(H,66,75)(H,67,76)(H,68,80)/t35?,38-,39-,40+,41+,43-,44-,45+,46-,47-,50-,51-,62+/m1/s1. The summed E-state index contributed by atoms with van der Waals surface area (Å²) in [4.78, 5) is 119. The van der Waals surface area contributed by atoms with Gasteiger partial charge in [-0.15, -0.1) is 0 Å². The molecule has 0 spiro atoms. The number of nitro groups is 1. The number of esters is 1. The van der Waals surface area contributed by atoms with Crippen LogP contribution in [0.25, 0.3) is 0 Å². The van der Waals surface area contributed by atoms with Gasteiger partial charge in [-0.3, -0.25) is 24.5 Å². The molecule has 4 rings (SSSR count). The van der Waals surface area contributed by atoms with E-state index in [0.717, 1.165) is 4.90 Å². The summed E-state index contributed by atoms with van der Waals surface area (Å²) in [5.41, 5.74) is -6.52. The molecule has 0 radical (unpaired) electrons. The van der Waals surface area contributed by atoms with Crippen LogP contribution in [-0.4, -0.2) is 213 Å². The smallest absolute Gasteiger partial charge is 0.410 e. The average molecular weight is 1340 g/mol. The summed E-state index contributed by atoms with van der Waals surface area (Å²) in [7, 11) is 1.26. The van der Waals surface area contributed by atoms with Crippen LogP contribution in [-0.2, 0) is 68.4 Å². The molecule has 7 amide bonds. The molecular formula is C62H100N8O24. The number of carbonyl (C=O) groups excluding carboxylic acids is 8. The highest BCUT2D eigenvalue weighted by atomic mass is 16.7. The van der Waals surface area contributed by atoms with Crippen molar-refractivity contribution < 1.29 is 111 Å². The maximum atomic E-state index is 14.7. The van der Waals surface area contributed by atoms with Crippen LogP contribution < -0.4 is 31.9 Å². The second-order valence-corrected chi connectivity index (χ2v) is 28.5. The van der Waals surface area contributed by atoms with E-state index in [9.17, 15) is 68.9 Å². The number of benzene rings is 1. The molecule has 2 aliphatic heterocycles. The zero-order valence-electron chi connectivity index (χ0n) is 56.9. The van der Waals surface area contributed by atoms with Gasteiger partial charge >= 0.3 is 36.4 Å². The Morgan fingerprint density at radius 3 is 1.74 bits per heavy atom. The van der Waals surface area contributed by atoms with Gasteiger partial charge in [-0.05, 0) is 167 Å². The molecule has 1 aromatic rings. The van der Waals surface area contributed by atoms with Gasteiger partial charge in [0.15, 0.2) is 6.29 Å². The Bertz CT molecular complexity index is 2790. The molecule has 1 saturated carbocycles. The van der Waals surface area contributed by atoms with Crippen LogP contribution >= 0.6 is 0 Å².